The monoisotopic (exact) mass is 126 g/mol. The molecule has 7 heavy (non-hydrogen) atoms. The number of thiol groups is 1. The topological polar surface area (TPSA) is 0 Å². The maximum atomic E-state index is 11.7. The summed E-state index contributed by atoms with van der Waals surface area (Å²) in [5.41, 5.74) is 0. The van der Waals surface area contributed by atoms with Gasteiger partial charge in [0, 0.05) is 6.42 Å². The van der Waals surface area contributed by atoms with Gasteiger partial charge in [-0.05, 0) is 12.7 Å². The maximum absolute atomic E-state index is 11.7. The van der Waals surface area contributed by atoms with E-state index in [2.05, 4.69) is 12.6 Å². The first kappa shape index (κ1) is 7.21. The molecule has 0 atom stereocenters. The Kier molecular flexibility index (Phi) is 2.58. The van der Waals surface area contributed by atoms with Gasteiger partial charge in [-0.3, -0.25) is 0 Å². The first-order valence-corrected chi connectivity index (χ1v) is 2.68. The lowest BCUT2D eigenvalue weighted by Gasteiger charge is -2.04. The minimum atomic E-state index is -2.53. The Balaban J connectivity index is 3.15. The lowest BCUT2D eigenvalue weighted by molar-refractivity contribution is 0.0195. The number of rotatable bonds is 2. The average molecular weight is 126 g/mol. The van der Waals surface area contributed by atoms with Gasteiger partial charge in [0.1, 0.15) is 0 Å². The van der Waals surface area contributed by atoms with Crippen LogP contribution in [0.2, 0.25) is 0 Å². The highest BCUT2D eigenvalue weighted by Gasteiger charge is 2.18. The van der Waals surface area contributed by atoms with E-state index in [0.29, 0.717) is 0 Å². The second-order valence-corrected chi connectivity index (χ2v) is 1.99. The van der Waals surface area contributed by atoms with Crippen LogP contribution in [0.25, 0.3) is 0 Å². The van der Waals surface area contributed by atoms with Gasteiger partial charge in [0.15, 0.2) is 0 Å². The fraction of sp³-hybridized carbons (Fsp3) is 1.00. The summed E-state index contributed by atoms with van der Waals surface area (Å²) < 4.78 is 23.3. The molecule has 0 N–H and O–H groups in total. The standard InChI is InChI=1S/C4H8F2S/c1-4(5,6)2-3-7/h7H,2-3H2,1H3. The Hall–Kier alpha value is 0.210. The summed E-state index contributed by atoms with van der Waals surface area (Å²) in [6, 6.07) is 0. The Labute approximate surface area is 47.3 Å². The highest BCUT2D eigenvalue weighted by molar-refractivity contribution is 7.80. The minimum absolute atomic E-state index is 0.129. The normalized spacial score (nSPS) is 12.0. The molecule has 0 aliphatic carbocycles. The van der Waals surface area contributed by atoms with Gasteiger partial charge in [0.2, 0.25) is 5.92 Å². The first-order valence-electron chi connectivity index (χ1n) is 2.05. The minimum Gasteiger partial charge on any atom is -0.207 e. The van der Waals surface area contributed by atoms with Gasteiger partial charge in [-0.15, -0.1) is 0 Å². The van der Waals surface area contributed by atoms with Crippen molar-refractivity contribution in [3.63, 3.8) is 0 Å². The van der Waals surface area contributed by atoms with E-state index in [0.717, 1.165) is 6.92 Å². The SMILES string of the molecule is CC(F)(F)CCS. The number of hydrogen-bond donors (Lipinski definition) is 1. The van der Waals surface area contributed by atoms with Crippen LogP contribution in [0.1, 0.15) is 13.3 Å². The summed E-state index contributed by atoms with van der Waals surface area (Å²) in [4.78, 5) is 0. The maximum Gasteiger partial charge on any atom is 0.246 e. The summed E-state index contributed by atoms with van der Waals surface area (Å²) in [5.74, 6) is -2.27. The average Bonchev–Trinajstić information content (AvgIpc) is 1.30. The Morgan fingerprint density at radius 1 is 1.57 bits per heavy atom. The van der Waals surface area contributed by atoms with E-state index in [1.54, 1.807) is 0 Å². The van der Waals surface area contributed by atoms with Crippen molar-refractivity contribution >= 4 is 12.6 Å². The van der Waals surface area contributed by atoms with Gasteiger partial charge in [0.05, 0.1) is 0 Å². The van der Waals surface area contributed by atoms with Crippen molar-refractivity contribution in [1.82, 2.24) is 0 Å². The van der Waals surface area contributed by atoms with Crippen LogP contribution in [0.4, 0.5) is 8.78 Å². The van der Waals surface area contributed by atoms with Crippen LogP contribution in [0.3, 0.4) is 0 Å². The molecule has 44 valence electrons. The van der Waals surface area contributed by atoms with Crippen molar-refractivity contribution in [3.05, 3.63) is 0 Å². The van der Waals surface area contributed by atoms with Crippen LogP contribution in [0.5, 0.6) is 0 Å². The third kappa shape index (κ3) is 6.21. The molecule has 3 heteroatoms. The van der Waals surface area contributed by atoms with Crippen LogP contribution < -0.4 is 0 Å². The van der Waals surface area contributed by atoms with Crippen molar-refractivity contribution in [1.29, 1.82) is 0 Å². The number of alkyl halides is 2. The van der Waals surface area contributed by atoms with E-state index in [4.69, 9.17) is 0 Å². The van der Waals surface area contributed by atoms with Gasteiger partial charge < -0.3 is 0 Å². The fourth-order valence-corrected chi connectivity index (χ4v) is 0.589. The second-order valence-electron chi connectivity index (χ2n) is 1.54. The van der Waals surface area contributed by atoms with Gasteiger partial charge in [-0.1, -0.05) is 0 Å². The molecule has 0 nitrogen and oxygen atoms in total. The zero-order valence-electron chi connectivity index (χ0n) is 4.12. The largest absolute Gasteiger partial charge is 0.246 e. The molecule has 0 spiro atoms. The molecule has 0 aliphatic rings. The second kappa shape index (κ2) is 2.50. The van der Waals surface area contributed by atoms with E-state index in [-0.39, 0.29) is 12.2 Å². The van der Waals surface area contributed by atoms with E-state index < -0.39 is 5.92 Å². The first-order chi connectivity index (χ1) is 3.06. The molecule has 0 rings (SSSR count). The van der Waals surface area contributed by atoms with E-state index in [1.165, 1.54) is 0 Å². The van der Waals surface area contributed by atoms with Gasteiger partial charge >= 0.3 is 0 Å². The molecule has 0 unspecified atom stereocenters. The van der Waals surface area contributed by atoms with Crippen molar-refractivity contribution in [2.45, 2.75) is 19.3 Å². The molecule has 0 fully saturated rings. The number of halogens is 2. The number of hydrogen-bond acceptors (Lipinski definition) is 1. The summed E-state index contributed by atoms with van der Waals surface area (Å²) in [5, 5.41) is 0. The van der Waals surface area contributed by atoms with Crippen LogP contribution in [-0.4, -0.2) is 11.7 Å². The Morgan fingerprint density at radius 2 is 2.00 bits per heavy atom. The molecule has 0 saturated heterocycles. The Morgan fingerprint density at radius 3 is 2.00 bits per heavy atom. The zero-order chi connectivity index (χ0) is 5.91. The fourth-order valence-electron chi connectivity index (χ4n) is 0.196. The highest BCUT2D eigenvalue weighted by atomic mass is 32.1. The van der Waals surface area contributed by atoms with E-state index in [9.17, 15) is 8.78 Å². The molecule has 0 aliphatic heterocycles. The molecule has 0 aromatic carbocycles. The van der Waals surface area contributed by atoms with Crippen LogP contribution >= 0.6 is 12.6 Å². The molecule has 0 aromatic heterocycles. The molecule has 0 bridgehead atoms. The molecule has 0 heterocycles. The quantitative estimate of drug-likeness (QED) is 0.537. The molecular weight excluding hydrogens is 118 g/mol. The van der Waals surface area contributed by atoms with Crippen molar-refractivity contribution in [2.75, 3.05) is 5.75 Å². The van der Waals surface area contributed by atoms with E-state index >= 15 is 0 Å². The van der Waals surface area contributed by atoms with Crippen LogP contribution in [0, 0.1) is 0 Å². The smallest absolute Gasteiger partial charge is 0.207 e. The third-order valence-electron chi connectivity index (χ3n) is 0.551. The predicted molar refractivity (Wildman–Crippen MR) is 29.1 cm³/mol. The highest BCUT2D eigenvalue weighted by Crippen LogP contribution is 2.16. The summed E-state index contributed by atoms with van der Waals surface area (Å²) in [6.45, 7) is 0.892. The van der Waals surface area contributed by atoms with Crippen molar-refractivity contribution < 1.29 is 8.78 Å². The van der Waals surface area contributed by atoms with Crippen LogP contribution in [0.15, 0.2) is 0 Å². The molecule has 0 radical (unpaired) electrons. The molecule has 0 saturated carbocycles. The lowest BCUT2D eigenvalue weighted by atomic mass is 10.3. The van der Waals surface area contributed by atoms with Crippen molar-refractivity contribution in [3.8, 4) is 0 Å². The van der Waals surface area contributed by atoms with Gasteiger partial charge in [-0.25, -0.2) is 8.78 Å². The van der Waals surface area contributed by atoms with Crippen molar-refractivity contribution in [2.24, 2.45) is 0 Å². The molecular formula is C4H8F2S. The zero-order valence-corrected chi connectivity index (χ0v) is 5.01. The predicted octanol–water partition coefficient (Wildman–Crippen LogP) is 1.96. The summed E-state index contributed by atoms with van der Waals surface area (Å²) in [6.07, 6.45) is -0.129. The van der Waals surface area contributed by atoms with Gasteiger partial charge in [-0.2, -0.15) is 12.6 Å². The Bertz CT molecular complexity index is 48.1. The molecule has 0 aromatic rings. The molecule has 0 amide bonds. The lowest BCUT2D eigenvalue weighted by Crippen LogP contribution is -2.09. The summed E-state index contributed by atoms with van der Waals surface area (Å²) >= 11 is 3.63. The third-order valence-corrected chi connectivity index (χ3v) is 0.774. The van der Waals surface area contributed by atoms with Gasteiger partial charge in [0.25, 0.3) is 0 Å². The van der Waals surface area contributed by atoms with Crippen LogP contribution in [-0.2, 0) is 0 Å². The summed E-state index contributed by atoms with van der Waals surface area (Å²) in [7, 11) is 0. The van der Waals surface area contributed by atoms with E-state index in [1.807, 2.05) is 0 Å².